The quantitative estimate of drug-likeness (QED) is 0.104. The number of aryl methyl sites for hydroxylation is 1. The molecule has 5 aromatic rings. The first-order chi connectivity index (χ1) is 29.5. The van der Waals surface area contributed by atoms with Crippen molar-refractivity contribution in [2.24, 2.45) is 5.92 Å². The number of carbonyl (C=O) groups is 2. The Hall–Kier alpha value is -5.41. The number of hydrogen-bond donors (Lipinski definition) is 2. The molecule has 12 nitrogen and oxygen atoms in total. The van der Waals surface area contributed by atoms with Gasteiger partial charge < -0.3 is 33.8 Å². The van der Waals surface area contributed by atoms with Gasteiger partial charge in [-0.25, -0.2) is 0 Å². The van der Waals surface area contributed by atoms with Crippen LogP contribution in [0.4, 0.5) is 21.2 Å². The van der Waals surface area contributed by atoms with Gasteiger partial charge in [-0.15, -0.1) is 5.10 Å². The Morgan fingerprint density at radius 3 is 2.38 bits per heavy atom. The molecule has 4 aromatic carbocycles. The van der Waals surface area contributed by atoms with Crippen molar-refractivity contribution in [1.82, 2.24) is 20.3 Å². The molecule has 1 unspecified atom stereocenters. The lowest BCUT2D eigenvalue weighted by molar-refractivity contribution is -0.146. The van der Waals surface area contributed by atoms with Crippen LogP contribution in [0.3, 0.4) is 0 Å². The van der Waals surface area contributed by atoms with Crippen molar-refractivity contribution in [3.63, 3.8) is 0 Å². The summed E-state index contributed by atoms with van der Waals surface area (Å²) < 4.78 is 31.2. The van der Waals surface area contributed by atoms with Gasteiger partial charge in [0, 0.05) is 41.1 Å². The number of ether oxygens (including phenoxy) is 2. The highest BCUT2D eigenvalue weighted by Gasteiger charge is 2.66. The first kappa shape index (κ1) is 41.0. The average molecular weight is 844 g/mol. The molecule has 9 rings (SSSR count). The fourth-order valence-electron chi connectivity index (χ4n) is 10.6. The Balaban J connectivity index is 1.00. The number of carbonyl (C=O) groups excluding carboxylic acids is 2. The number of rotatable bonds is 12. The van der Waals surface area contributed by atoms with Crippen LogP contribution in [0.15, 0.2) is 109 Å². The standard InChI is InChI=1S/C47H54FN7O5Si/c1-32-43(61(3,4)48)42(20-25-52-29-40(50-51-52)38(30-56)34-13-7-5-8-14-34)60-47(32)39-27-37(59-2)18-19-41(39)53(45(47)58)28-33-12-11-17-36(26-33)54-31-55(35-15-9-6-10-16-35)46(44(54)57)21-23-49-24-22-46/h5-19,26-27,29,32,38,42-43,49,56H,20-25,28,30-31H2,1-4H3/t32-,38?,42+,43-,47+/m0/s1. The highest BCUT2D eigenvalue weighted by molar-refractivity contribution is 6.72. The maximum absolute atomic E-state index is 16.7. The molecule has 0 radical (unpaired) electrons. The van der Waals surface area contributed by atoms with Crippen LogP contribution < -0.4 is 24.8 Å². The molecule has 5 heterocycles. The third-order valence-corrected chi connectivity index (χ3v) is 16.1. The van der Waals surface area contributed by atoms with Crippen molar-refractivity contribution in [3.8, 4) is 5.75 Å². The Morgan fingerprint density at radius 1 is 0.951 bits per heavy atom. The number of aliphatic hydroxyl groups excluding tert-OH is 1. The summed E-state index contributed by atoms with van der Waals surface area (Å²) in [5.41, 5.74) is 2.99. The summed E-state index contributed by atoms with van der Waals surface area (Å²) >= 11 is 0. The lowest BCUT2D eigenvalue weighted by Gasteiger charge is -2.39. The maximum atomic E-state index is 16.7. The number of piperidine rings is 1. The maximum Gasteiger partial charge on any atom is 0.264 e. The Labute approximate surface area is 357 Å². The number of amides is 2. The molecular weight excluding hydrogens is 790 g/mol. The van der Waals surface area contributed by atoms with Crippen LogP contribution in [0.5, 0.6) is 5.75 Å². The van der Waals surface area contributed by atoms with Crippen molar-refractivity contribution in [3.05, 3.63) is 132 Å². The zero-order valence-corrected chi connectivity index (χ0v) is 36.2. The van der Waals surface area contributed by atoms with Gasteiger partial charge >= 0.3 is 0 Å². The van der Waals surface area contributed by atoms with E-state index in [2.05, 4.69) is 32.7 Å². The van der Waals surface area contributed by atoms with Crippen molar-refractivity contribution in [1.29, 1.82) is 0 Å². The molecule has 3 fully saturated rings. The molecule has 318 valence electrons. The van der Waals surface area contributed by atoms with Gasteiger partial charge in [0.05, 0.1) is 50.3 Å². The van der Waals surface area contributed by atoms with Crippen molar-refractivity contribution in [2.75, 3.05) is 48.2 Å². The van der Waals surface area contributed by atoms with E-state index >= 15 is 8.90 Å². The van der Waals surface area contributed by atoms with E-state index < -0.39 is 37.1 Å². The number of aliphatic hydroxyl groups is 1. The minimum Gasteiger partial charge on any atom is -0.497 e. The molecule has 2 spiro atoms. The third kappa shape index (κ3) is 7.03. The van der Waals surface area contributed by atoms with E-state index in [9.17, 15) is 9.90 Å². The Kier molecular flexibility index (Phi) is 10.8. The van der Waals surface area contributed by atoms with Crippen molar-refractivity contribution in [2.45, 2.75) is 81.1 Å². The summed E-state index contributed by atoms with van der Waals surface area (Å²) in [6.45, 7) is 7.79. The number of anilines is 3. The normalized spacial score (nSPS) is 24.0. The van der Waals surface area contributed by atoms with Crippen LogP contribution in [0.25, 0.3) is 0 Å². The molecule has 0 saturated carbocycles. The minimum absolute atomic E-state index is 0.0819. The second-order valence-electron chi connectivity index (χ2n) is 17.5. The van der Waals surface area contributed by atoms with Crippen LogP contribution >= 0.6 is 0 Å². The van der Waals surface area contributed by atoms with Gasteiger partial charge in [-0.3, -0.25) is 19.2 Å². The number of para-hydroxylation sites is 1. The van der Waals surface area contributed by atoms with Gasteiger partial charge in [-0.2, -0.15) is 0 Å². The van der Waals surface area contributed by atoms with Gasteiger partial charge in [0.2, 0.25) is 8.41 Å². The van der Waals surface area contributed by atoms with E-state index in [1.54, 1.807) is 29.8 Å². The molecule has 3 saturated heterocycles. The summed E-state index contributed by atoms with van der Waals surface area (Å²) in [6.07, 6.45) is 3.06. The first-order valence-electron chi connectivity index (χ1n) is 21.4. The molecule has 0 aliphatic carbocycles. The van der Waals surface area contributed by atoms with E-state index in [4.69, 9.17) is 9.47 Å². The van der Waals surface area contributed by atoms with Gasteiger partial charge in [0.25, 0.3) is 11.8 Å². The van der Waals surface area contributed by atoms with Crippen molar-refractivity contribution >= 4 is 37.3 Å². The summed E-state index contributed by atoms with van der Waals surface area (Å²) in [5.74, 6) is -0.396. The molecule has 61 heavy (non-hydrogen) atoms. The molecule has 5 atom stereocenters. The fraction of sp³-hybridized carbons (Fsp3) is 0.404. The Bertz CT molecular complexity index is 2390. The Morgan fingerprint density at radius 2 is 1.67 bits per heavy atom. The monoisotopic (exact) mass is 843 g/mol. The third-order valence-electron chi connectivity index (χ3n) is 13.6. The second-order valence-corrected chi connectivity index (χ2v) is 21.3. The van der Waals surface area contributed by atoms with E-state index in [-0.39, 0.29) is 30.9 Å². The van der Waals surface area contributed by atoms with Crippen LogP contribution in [0.2, 0.25) is 18.6 Å². The summed E-state index contributed by atoms with van der Waals surface area (Å²) in [6, 6.07) is 33.3. The predicted molar refractivity (Wildman–Crippen MR) is 235 cm³/mol. The van der Waals surface area contributed by atoms with E-state index in [1.165, 1.54) is 0 Å². The van der Waals surface area contributed by atoms with E-state index in [0.29, 0.717) is 55.2 Å². The number of methoxy groups -OCH3 is 1. The molecule has 14 heteroatoms. The van der Waals surface area contributed by atoms with Gasteiger partial charge in [-0.1, -0.05) is 72.8 Å². The zero-order valence-electron chi connectivity index (χ0n) is 35.2. The highest BCUT2D eigenvalue weighted by atomic mass is 28.4. The van der Waals surface area contributed by atoms with Crippen LogP contribution in [0.1, 0.15) is 54.5 Å². The van der Waals surface area contributed by atoms with E-state index in [0.717, 1.165) is 35.6 Å². The summed E-state index contributed by atoms with van der Waals surface area (Å²) in [5, 5.41) is 22.4. The van der Waals surface area contributed by atoms with Crippen molar-refractivity contribution < 1.29 is 28.3 Å². The highest BCUT2D eigenvalue weighted by Crippen LogP contribution is 2.61. The fourth-order valence-corrected chi connectivity index (χ4v) is 13.2. The number of aromatic nitrogens is 3. The van der Waals surface area contributed by atoms with Crippen LogP contribution in [-0.2, 0) is 33.0 Å². The zero-order chi connectivity index (χ0) is 42.5. The molecule has 2 N–H and O–H groups in total. The molecule has 0 bridgehead atoms. The molecule has 4 aliphatic heterocycles. The van der Waals surface area contributed by atoms with Crippen LogP contribution in [-0.4, -0.2) is 85.4 Å². The average Bonchev–Trinajstić information content (AvgIpc) is 4.00. The number of nitrogens with zero attached hydrogens (tertiary/aromatic N) is 6. The first-order valence-corrected chi connectivity index (χ1v) is 24.3. The van der Waals surface area contributed by atoms with E-state index in [1.807, 2.05) is 109 Å². The number of nitrogens with one attached hydrogen (secondary N) is 1. The smallest absolute Gasteiger partial charge is 0.264 e. The lowest BCUT2D eigenvalue weighted by Crippen LogP contribution is -2.55. The largest absolute Gasteiger partial charge is 0.497 e. The molecule has 1 aromatic heterocycles. The molecule has 2 amide bonds. The predicted octanol–water partition coefficient (Wildman–Crippen LogP) is 6.76. The van der Waals surface area contributed by atoms with Gasteiger partial charge in [-0.05, 0) is 99.0 Å². The number of fused-ring (bicyclic) bond motifs is 2. The van der Waals surface area contributed by atoms with Gasteiger partial charge in [0.1, 0.15) is 11.3 Å². The summed E-state index contributed by atoms with van der Waals surface area (Å²) in [4.78, 5) is 35.7. The minimum atomic E-state index is -3.44. The lowest BCUT2D eigenvalue weighted by atomic mass is 9.82. The molecular formula is C47H54FN7O5Si. The number of halogens is 1. The summed E-state index contributed by atoms with van der Waals surface area (Å²) in [7, 11) is -1.85. The van der Waals surface area contributed by atoms with Gasteiger partial charge in [0.15, 0.2) is 5.60 Å². The number of benzene rings is 4. The SMILES string of the molecule is COc1ccc2c(c1)[C@@]1(O[C@H](CCn3cc(C(CO)c4ccccc4)nn3)[C@@H]([Si](C)(C)F)[C@@H]1C)C(=O)N2Cc1cccc(N2CN(c3ccccc3)C3(CCNCC3)C2=O)c1. The molecule has 4 aliphatic rings. The van der Waals surface area contributed by atoms with Crippen LogP contribution in [0, 0.1) is 5.92 Å². The number of hydrogen-bond acceptors (Lipinski definition) is 9. The second kappa shape index (κ2) is 16.1. The topological polar surface area (TPSA) is 125 Å².